The molecule has 0 unspecified atom stereocenters. The highest BCUT2D eigenvalue weighted by molar-refractivity contribution is 14.1. The van der Waals surface area contributed by atoms with E-state index >= 15 is 0 Å². The Balaban J connectivity index is 1.70. The summed E-state index contributed by atoms with van der Waals surface area (Å²) >= 11 is 2.10. The predicted molar refractivity (Wildman–Crippen MR) is 130 cm³/mol. The number of anilines is 1. The number of nitrogens with one attached hydrogen (secondary N) is 1. The molecule has 3 aromatic carbocycles. The SMILES string of the molecule is CCOc1cccc(NC(=O)/C(C#N)=C\c2ccc(OCc3ccccc3F)c(I)c2)c1. The third-order valence-corrected chi connectivity index (χ3v) is 5.22. The predicted octanol–water partition coefficient (Wildman–Crippen LogP) is 5.95. The van der Waals surface area contributed by atoms with Crippen molar-refractivity contribution in [3.63, 3.8) is 0 Å². The van der Waals surface area contributed by atoms with Gasteiger partial charge < -0.3 is 14.8 Å². The fraction of sp³-hybridized carbons (Fsp3) is 0.120. The first kappa shape index (κ1) is 23.3. The molecule has 1 N–H and O–H groups in total. The number of carbonyl (C=O) groups excluding carboxylic acids is 1. The summed E-state index contributed by atoms with van der Waals surface area (Å²) in [6.07, 6.45) is 1.50. The minimum atomic E-state index is -0.518. The Morgan fingerprint density at radius 1 is 1.12 bits per heavy atom. The molecule has 0 spiro atoms. The average molecular weight is 542 g/mol. The Kier molecular flexibility index (Phi) is 8.22. The number of halogens is 2. The van der Waals surface area contributed by atoms with E-state index in [0.717, 1.165) is 3.57 Å². The molecule has 0 aliphatic rings. The Labute approximate surface area is 199 Å². The third kappa shape index (κ3) is 6.31. The summed E-state index contributed by atoms with van der Waals surface area (Å²) in [5.41, 5.74) is 1.63. The monoisotopic (exact) mass is 542 g/mol. The molecule has 3 aromatic rings. The van der Waals surface area contributed by atoms with Crippen LogP contribution in [0.2, 0.25) is 0 Å². The van der Waals surface area contributed by atoms with E-state index < -0.39 is 5.91 Å². The van der Waals surface area contributed by atoms with Gasteiger partial charge >= 0.3 is 0 Å². The van der Waals surface area contributed by atoms with Crippen molar-refractivity contribution in [1.82, 2.24) is 0 Å². The summed E-state index contributed by atoms with van der Waals surface area (Å²) in [6, 6.07) is 20.6. The minimum Gasteiger partial charge on any atom is -0.494 e. The van der Waals surface area contributed by atoms with Crippen molar-refractivity contribution in [1.29, 1.82) is 5.26 Å². The van der Waals surface area contributed by atoms with Crippen LogP contribution < -0.4 is 14.8 Å². The molecule has 162 valence electrons. The van der Waals surface area contributed by atoms with Gasteiger partial charge in [0.2, 0.25) is 0 Å². The smallest absolute Gasteiger partial charge is 0.266 e. The highest BCUT2D eigenvalue weighted by Gasteiger charge is 2.11. The molecule has 0 aromatic heterocycles. The molecule has 1 amide bonds. The van der Waals surface area contributed by atoms with Crippen LogP contribution in [-0.4, -0.2) is 12.5 Å². The van der Waals surface area contributed by atoms with Gasteiger partial charge in [0, 0.05) is 17.3 Å². The number of hydrogen-bond donors (Lipinski definition) is 1. The molecule has 0 saturated carbocycles. The molecular formula is C25H20FIN2O3. The van der Waals surface area contributed by atoms with E-state index in [1.54, 1.807) is 60.7 Å². The average Bonchev–Trinajstić information content (AvgIpc) is 2.78. The van der Waals surface area contributed by atoms with Crippen molar-refractivity contribution in [3.8, 4) is 17.6 Å². The molecule has 0 radical (unpaired) electrons. The second-order valence-corrected chi connectivity index (χ2v) is 7.82. The molecule has 0 aliphatic carbocycles. The number of hydrogen-bond acceptors (Lipinski definition) is 4. The lowest BCUT2D eigenvalue weighted by Gasteiger charge is -2.10. The summed E-state index contributed by atoms with van der Waals surface area (Å²) in [5.74, 6) is 0.379. The number of carbonyl (C=O) groups is 1. The number of rotatable bonds is 8. The standard InChI is InChI=1S/C25H20FIN2O3/c1-2-31-21-8-5-7-20(14-21)29-25(30)19(15-28)12-17-10-11-24(23(27)13-17)32-16-18-6-3-4-9-22(18)26/h3-14H,2,16H2,1H3,(H,29,30)/b19-12-. The first-order valence-electron chi connectivity index (χ1n) is 9.82. The first-order chi connectivity index (χ1) is 15.5. The van der Waals surface area contributed by atoms with Gasteiger partial charge in [-0.15, -0.1) is 0 Å². The highest BCUT2D eigenvalue weighted by Crippen LogP contribution is 2.25. The van der Waals surface area contributed by atoms with E-state index in [1.807, 2.05) is 13.0 Å². The number of nitrogens with zero attached hydrogens (tertiary/aromatic N) is 1. The summed E-state index contributed by atoms with van der Waals surface area (Å²) < 4.78 is 25.7. The quantitative estimate of drug-likeness (QED) is 0.217. The number of nitriles is 1. The van der Waals surface area contributed by atoms with Crippen LogP contribution in [0.5, 0.6) is 11.5 Å². The van der Waals surface area contributed by atoms with Gasteiger partial charge in [0.25, 0.3) is 5.91 Å². The largest absolute Gasteiger partial charge is 0.494 e. The third-order valence-electron chi connectivity index (χ3n) is 4.38. The van der Waals surface area contributed by atoms with Crippen LogP contribution in [0.1, 0.15) is 18.1 Å². The van der Waals surface area contributed by atoms with Gasteiger partial charge in [0.15, 0.2) is 0 Å². The fourth-order valence-corrected chi connectivity index (χ4v) is 3.53. The van der Waals surface area contributed by atoms with Gasteiger partial charge in [-0.05, 0) is 71.5 Å². The lowest BCUT2D eigenvalue weighted by molar-refractivity contribution is -0.112. The maximum atomic E-state index is 13.8. The van der Waals surface area contributed by atoms with Crippen LogP contribution in [0.25, 0.3) is 6.08 Å². The van der Waals surface area contributed by atoms with E-state index in [9.17, 15) is 14.4 Å². The molecule has 0 bridgehead atoms. The van der Waals surface area contributed by atoms with Crippen LogP contribution >= 0.6 is 22.6 Å². The van der Waals surface area contributed by atoms with E-state index in [0.29, 0.717) is 34.9 Å². The fourth-order valence-electron chi connectivity index (χ4n) is 2.84. The zero-order valence-electron chi connectivity index (χ0n) is 17.3. The van der Waals surface area contributed by atoms with Crippen molar-refractivity contribution < 1.29 is 18.7 Å². The molecule has 7 heteroatoms. The molecule has 5 nitrogen and oxygen atoms in total. The zero-order chi connectivity index (χ0) is 22.9. The van der Waals surface area contributed by atoms with Gasteiger partial charge in [-0.2, -0.15) is 5.26 Å². The Morgan fingerprint density at radius 2 is 1.94 bits per heavy atom. The molecule has 32 heavy (non-hydrogen) atoms. The van der Waals surface area contributed by atoms with Crippen LogP contribution in [0.3, 0.4) is 0 Å². The molecule has 0 aliphatic heterocycles. The normalized spacial score (nSPS) is 10.9. The van der Waals surface area contributed by atoms with Gasteiger partial charge in [0.05, 0.1) is 10.2 Å². The molecule has 3 rings (SSSR count). The molecule has 0 heterocycles. The second-order valence-electron chi connectivity index (χ2n) is 6.65. The number of ether oxygens (including phenoxy) is 2. The first-order valence-corrected chi connectivity index (χ1v) is 10.9. The van der Waals surface area contributed by atoms with E-state index in [-0.39, 0.29) is 18.0 Å². The summed E-state index contributed by atoms with van der Waals surface area (Å²) in [5, 5.41) is 12.2. The topological polar surface area (TPSA) is 71.3 Å². The van der Waals surface area contributed by atoms with Crippen LogP contribution in [0.15, 0.2) is 72.3 Å². The lowest BCUT2D eigenvalue weighted by Crippen LogP contribution is -2.13. The Bertz CT molecular complexity index is 1190. The summed E-state index contributed by atoms with van der Waals surface area (Å²) in [6.45, 7) is 2.49. The van der Waals surface area contributed by atoms with Crippen molar-refractivity contribution in [2.75, 3.05) is 11.9 Å². The van der Waals surface area contributed by atoms with Gasteiger partial charge in [-0.3, -0.25) is 4.79 Å². The van der Waals surface area contributed by atoms with Gasteiger partial charge in [-0.1, -0.05) is 30.3 Å². The van der Waals surface area contributed by atoms with E-state index in [2.05, 4.69) is 27.9 Å². The van der Waals surface area contributed by atoms with E-state index in [1.165, 1.54) is 12.1 Å². The Hall–Kier alpha value is -3.38. The summed E-state index contributed by atoms with van der Waals surface area (Å²) in [7, 11) is 0. The molecule has 0 saturated heterocycles. The van der Waals surface area contributed by atoms with Crippen LogP contribution in [-0.2, 0) is 11.4 Å². The lowest BCUT2D eigenvalue weighted by atomic mass is 10.1. The second kappa shape index (κ2) is 11.3. The van der Waals surface area contributed by atoms with Crippen LogP contribution in [0, 0.1) is 20.7 Å². The van der Waals surface area contributed by atoms with E-state index in [4.69, 9.17) is 9.47 Å². The molecule has 0 atom stereocenters. The Morgan fingerprint density at radius 3 is 2.66 bits per heavy atom. The zero-order valence-corrected chi connectivity index (χ0v) is 19.4. The summed E-state index contributed by atoms with van der Waals surface area (Å²) in [4.78, 5) is 12.6. The molecular weight excluding hydrogens is 522 g/mol. The number of benzene rings is 3. The van der Waals surface area contributed by atoms with Crippen LogP contribution in [0.4, 0.5) is 10.1 Å². The van der Waals surface area contributed by atoms with Crippen molar-refractivity contribution in [2.45, 2.75) is 13.5 Å². The maximum Gasteiger partial charge on any atom is 0.266 e. The van der Waals surface area contributed by atoms with Gasteiger partial charge in [0.1, 0.15) is 35.6 Å². The molecule has 0 fully saturated rings. The maximum absolute atomic E-state index is 13.8. The van der Waals surface area contributed by atoms with Gasteiger partial charge in [-0.25, -0.2) is 4.39 Å². The minimum absolute atomic E-state index is 0.0392. The highest BCUT2D eigenvalue weighted by atomic mass is 127. The van der Waals surface area contributed by atoms with Crippen molar-refractivity contribution >= 4 is 40.3 Å². The number of amides is 1. The van der Waals surface area contributed by atoms with Crippen molar-refractivity contribution in [2.24, 2.45) is 0 Å². The van der Waals surface area contributed by atoms with Crippen molar-refractivity contribution in [3.05, 3.63) is 92.8 Å².